The zero-order valence-corrected chi connectivity index (χ0v) is 34.9. The van der Waals surface area contributed by atoms with Gasteiger partial charge in [-0.05, 0) is 65.3 Å². The number of nitrogens with one attached hydrogen (secondary N) is 1. The minimum Gasteiger partial charge on any atom is -0.444 e. The second-order valence-electron chi connectivity index (χ2n) is 15.7. The Labute approximate surface area is 337 Å². The average molecular weight is 808 g/mol. The summed E-state index contributed by atoms with van der Waals surface area (Å²) in [7, 11) is 0. The van der Waals surface area contributed by atoms with Crippen molar-refractivity contribution >= 4 is 53.0 Å². The first kappa shape index (κ1) is 44.4. The molecule has 0 saturated carbocycles. The zero-order valence-electron chi connectivity index (χ0n) is 33.4. The number of rotatable bonds is 5. The van der Waals surface area contributed by atoms with Crippen LogP contribution in [0.3, 0.4) is 0 Å². The molecular weight excluding hydrogens is 747 g/mol. The number of hydrogen-bond acceptors (Lipinski definition) is 11. The molecule has 0 aliphatic carbocycles. The molecule has 6 rings (SSSR count). The molecule has 55 heavy (non-hydrogen) atoms. The van der Waals surface area contributed by atoms with Crippen LogP contribution < -0.4 is 15.1 Å². The number of aldehydes is 1. The monoisotopic (exact) mass is 806 g/mol. The molecule has 4 fully saturated rings. The van der Waals surface area contributed by atoms with Crippen LogP contribution in [0.25, 0.3) is 0 Å². The topological polar surface area (TPSA) is 116 Å². The van der Waals surface area contributed by atoms with Crippen LogP contribution in [0.5, 0.6) is 0 Å². The van der Waals surface area contributed by atoms with Gasteiger partial charge in [-0.1, -0.05) is 41.4 Å². The number of para-hydroxylation sites is 2. The van der Waals surface area contributed by atoms with Gasteiger partial charge < -0.3 is 43.9 Å². The minimum absolute atomic E-state index is 0.200. The third kappa shape index (κ3) is 14.6. The van der Waals surface area contributed by atoms with E-state index in [9.17, 15) is 14.4 Å². The molecule has 4 heterocycles. The van der Waals surface area contributed by atoms with Gasteiger partial charge in [0.15, 0.2) is 6.29 Å². The van der Waals surface area contributed by atoms with Crippen LogP contribution >= 0.6 is 23.2 Å². The molecule has 306 valence electrons. The summed E-state index contributed by atoms with van der Waals surface area (Å²) in [5, 5.41) is 4.60. The Hall–Kier alpha value is -3.33. The molecular formula is C40H60Cl2N6O7. The fourth-order valence-corrected chi connectivity index (χ4v) is 7.02. The lowest BCUT2D eigenvalue weighted by Gasteiger charge is -2.37. The van der Waals surface area contributed by atoms with Crippen molar-refractivity contribution in [2.75, 3.05) is 115 Å². The van der Waals surface area contributed by atoms with Crippen molar-refractivity contribution in [3.8, 4) is 0 Å². The molecule has 0 unspecified atom stereocenters. The summed E-state index contributed by atoms with van der Waals surface area (Å²) in [5.74, 6) is 0. The van der Waals surface area contributed by atoms with Crippen molar-refractivity contribution < 1.29 is 33.3 Å². The van der Waals surface area contributed by atoms with E-state index in [-0.39, 0.29) is 17.8 Å². The van der Waals surface area contributed by atoms with Gasteiger partial charge in [0.1, 0.15) is 11.2 Å². The number of amides is 2. The number of anilines is 2. The summed E-state index contributed by atoms with van der Waals surface area (Å²) in [6, 6.07) is 11.5. The van der Waals surface area contributed by atoms with Crippen molar-refractivity contribution in [1.29, 1.82) is 0 Å². The van der Waals surface area contributed by atoms with Crippen LogP contribution in [-0.4, -0.2) is 149 Å². The maximum atomic E-state index is 12.2. The van der Waals surface area contributed by atoms with E-state index in [0.29, 0.717) is 36.9 Å². The Morgan fingerprint density at radius 1 is 0.673 bits per heavy atom. The number of carbonyl (C=O) groups is 3. The van der Waals surface area contributed by atoms with Crippen molar-refractivity contribution in [2.45, 2.75) is 59.3 Å². The van der Waals surface area contributed by atoms with Gasteiger partial charge in [0.05, 0.1) is 47.8 Å². The van der Waals surface area contributed by atoms with Gasteiger partial charge in [0.25, 0.3) is 0 Å². The fourth-order valence-electron chi connectivity index (χ4n) is 6.41. The molecule has 2 aromatic carbocycles. The van der Waals surface area contributed by atoms with Gasteiger partial charge in [-0.25, -0.2) is 9.59 Å². The third-order valence-electron chi connectivity index (χ3n) is 9.06. The highest BCUT2D eigenvalue weighted by atomic mass is 35.5. The number of halogens is 2. The average Bonchev–Trinajstić information content (AvgIpc) is 3.15. The number of piperazine rings is 2. The normalized spacial score (nSPS) is 18.3. The quantitative estimate of drug-likeness (QED) is 0.357. The van der Waals surface area contributed by atoms with Gasteiger partial charge in [-0.3, -0.25) is 9.69 Å². The Bertz CT molecular complexity index is 1530. The largest absolute Gasteiger partial charge is 0.444 e. The highest BCUT2D eigenvalue weighted by Crippen LogP contribution is 2.32. The summed E-state index contributed by atoms with van der Waals surface area (Å²) < 4.78 is 21.5. The summed E-state index contributed by atoms with van der Waals surface area (Å²) >= 11 is 12.6. The molecule has 0 radical (unpaired) electrons. The van der Waals surface area contributed by atoms with E-state index in [0.717, 1.165) is 108 Å². The van der Waals surface area contributed by atoms with E-state index >= 15 is 0 Å². The van der Waals surface area contributed by atoms with Crippen molar-refractivity contribution in [3.63, 3.8) is 0 Å². The van der Waals surface area contributed by atoms with Crippen molar-refractivity contribution in [3.05, 3.63) is 57.6 Å². The number of morpholine rings is 2. The van der Waals surface area contributed by atoms with E-state index in [1.165, 1.54) is 5.56 Å². The third-order valence-corrected chi connectivity index (χ3v) is 9.67. The first-order valence-electron chi connectivity index (χ1n) is 19.2. The molecule has 1 N–H and O–H groups in total. The molecule has 4 aliphatic rings. The first-order valence-corrected chi connectivity index (χ1v) is 20.0. The molecule has 4 saturated heterocycles. The Morgan fingerprint density at radius 3 is 1.62 bits per heavy atom. The Morgan fingerprint density at radius 2 is 1.13 bits per heavy atom. The second-order valence-corrected chi connectivity index (χ2v) is 16.5. The summed E-state index contributed by atoms with van der Waals surface area (Å²) in [6.07, 6.45) is 0.421. The number of carbonyl (C=O) groups excluding carboxylic acids is 3. The van der Waals surface area contributed by atoms with Gasteiger partial charge in [0, 0.05) is 90.6 Å². The van der Waals surface area contributed by atoms with Gasteiger partial charge in [0.2, 0.25) is 0 Å². The molecule has 2 aromatic rings. The highest BCUT2D eigenvalue weighted by molar-refractivity contribution is 6.34. The van der Waals surface area contributed by atoms with E-state index in [2.05, 4.69) is 26.1 Å². The van der Waals surface area contributed by atoms with E-state index in [1.807, 2.05) is 53.7 Å². The fraction of sp³-hybridized carbons (Fsp3) is 0.625. The summed E-state index contributed by atoms with van der Waals surface area (Å²) in [6.45, 7) is 24.5. The maximum Gasteiger partial charge on any atom is 0.410 e. The molecule has 13 nitrogen and oxygen atoms in total. The number of benzene rings is 2. The number of nitrogens with zero attached hydrogens (tertiary/aromatic N) is 5. The maximum absolute atomic E-state index is 12.2. The van der Waals surface area contributed by atoms with Crippen LogP contribution in [0.1, 0.15) is 57.5 Å². The smallest absolute Gasteiger partial charge is 0.410 e. The van der Waals surface area contributed by atoms with Gasteiger partial charge in [-0.15, -0.1) is 0 Å². The molecule has 0 atom stereocenters. The standard InChI is InChI=1S/C20H30ClN3O3.C11H12ClNO2.C9H18N2O2/c1-20(2,3)27-19(25)24-9-7-22(8-10-24)15-16-5-4-6-17(21)18(16)23-11-13-26-14-12-23;12-10-3-1-2-9(8-14)11(10)13-4-6-15-7-5-13;1-9(2,3)13-8(12)11-6-4-10-5-7-11/h4-6H,7-15H2,1-3H3;1-3,8H,4-7H2;10H,4-7H2,1-3H3. The molecule has 2 amide bonds. The lowest BCUT2D eigenvalue weighted by atomic mass is 10.1. The number of hydrogen-bond donors (Lipinski definition) is 1. The number of ether oxygens (including phenoxy) is 4. The Kier molecular flexibility index (Phi) is 17.2. The zero-order chi connectivity index (χ0) is 40.0. The second kappa shape index (κ2) is 21.3. The summed E-state index contributed by atoms with van der Waals surface area (Å²) in [5.41, 5.74) is 2.98. The minimum atomic E-state index is -0.456. The lowest BCUT2D eigenvalue weighted by molar-refractivity contribution is 0.0138. The highest BCUT2D eigenvalue weighted by Gasteiger charge is 2.27. The van der Waals surface area contributed by atoms with Crippen LogP contribution in [0.4, 0.5) is 21.0 Å². The van der Waals surface area contributed by atoms with E-state index in [1.54, 1.807) is 28.0 Å². The predicted molar refractivity (Wildman–Crippen MR) is 218 cm³/mol. The predicted octanol–water partition coefficient (Wildman–Crippen LogP) is 6.05. The van der Waals surface area contributed by atoms with Crippen molar-refractivity contribution in [2.24, 2.45) is 0 Å². The molecule has 0 spiro atoms. The van der Waals surface area contributed by atoms with Gasteiger partial charge >= 0.3 is 12.2 Å². The Balaban J connectivity index is 0.000000202. The molecule has 15 heteroatoms. The molecule has 0 bridgehead atoms. The van der Waals surface area contributed by atoms with E-state index < -0.39 is 5.60 Å². The van der Waals surface area contributed by atoms with Crippen LogP contribution in [-0.2, 0) is 25.5 Å². The van der Waals surface area contributed by atoms with Crippen LogP contribution in [0, 0.1) is 0 Å². The van der Waals surface area contributed by atoms with Crippen molar-refractivity contribution in [1.82, 2.24) is 20.0 Å². The SMILES string of the molecule is CC(C)(C)OC(=O)N1CCN(Cc2cccc(Cl)c2N2CCOCC2)CC1.CC(C)(C)OC(=O)N1CCNCC1.O=Cc1cccc(Cl)c1N1CCOCC1. The van der Waals surface area contributed by atoms with Crippen LogP contribution in [0.15, 0.2) is 36.4 Å². The molecule has 4 aliphatic heterocycles. The van der Waals surface area contributed by atoms with Gasteiger partial charge in [-0.2, -0.15) is 0 Å². The lowest BCUT2D eigenvalue weighted by Crippen LogP contribution is -2.49. The van der Waals surface area contributed by atoms with E-state index in [4.69, 9.17) is 42.1 Å². The van der Waals surface area contributed by atoms with Crippen LogP contribution in [0.2, 0.25) is 10.0 Å². The first-order chi connectivity index (χ1) is 26.1. The summed E-state index contributed by atoms with van der Waals surface area (Å²) in [4.78, 5) is 44.9. The molecule has 0 aromatic heterocycles.